The highest BCUT2D eigenvalue weighted by atomic mass is 32.2. The molecule has 0 unspecified atom stereocenters. The van der Waals surface area contributed by atoms with Gasteiger partial charge in [-0.2, -0.15) is 13.2 Å². The molecule has 0 atom stereocenters. The molecule has 0 spiro atoms. The predicted molar refractivity (Wildman–Crippen MR) is 81.9 cm³/mol. The molecule has 2 amide bonds. The normalized spacial score (nSPS) is 12.3. The van der Waals surface area contributed by atoms with E-state index in [0.29, 0.717) is 6.07 Å². The number of rotatable bonds is 6. The van der Waals surface area contributed by atoms with E-state index in [9.17, 15) is 30.8 Å². The molecule has 1 aromatic rings. The fourth-order valence-electron chi connectivity index (χ4n) is 1.93. The molecule has 0 fully saturated rings. The van der Waals surface area contributed by atoms with Crippen molar-refractivity contribution in [2.24, 2.45) is 5.92 Å². The number of nitrogens with one attached hydrogen (secondary N) is 2. The Morgan fingerprint density at radius 1 is 1.25 bits per heavy atom. The zero-order valence-corrected chi connectivity index (χ0v) is 13.9. The maximum absolute atomic E-state index is 13.7. The highest BCUT2D eigenvalue weighted by molar-refractivity contribution is 7.91. The number of urea groups is 1. The van der Waals surface area contributed by atoms with Gasteiger partial charge in [-0.1, -0.05) is 19.9 Å². The average Bonchev–Trinajstić information content (AvgIpc) is 2.37. The van der Waals surface area contributed by atoms with Crippen molar-refractivity contribution in [3.63, 3.8) is 0 Å². The minimum Gasteiger partial charge on any atom is -0.337 e. The third-order valence-corrected chi connectivity index (χ3v) is 4.84. The van der Waals surface area contributed by atoms with Crippen LogP contribution in [0, 0.1) is 11.7 Å². The number of sulfone groups is 1. The number of anilines is 1. The second-order valence-corrected chi connectivity index (χ2v) is 7.78. The molecule has 0 radical (unpaired) electrons. The average molecular weight is 370 g/mol. The highest BCUT2D eigenvalue weighted by Gasteiger charge is 2.35. The van der Waals surface area contributed by atoms with Crippen LogP contribution in [0.5, 0.6) is 0 Å². The standard InChI is InChI=1S/C14H18F4N2O3S/c1-9(2)8-24(22,23)7-6-19-13(21)20-11-5-3-4-10(12(11)15)14(16,17)18/h3-5,9H,6-8H2,1-2H3,(H2,19,20,21). The van der Waals surface area contributed by atoms with Crippen LogP contribution in [0.25, 0.3) is 0 Å². The van der Waals surface area contributed by atoms with Crippen LogP contribution in [0.1, 0.15) is 19.4 Å². The Hall–Kier alpha value is -1.84. The van der Waals surface area contributed by atoms with E-state index in [1.807, 2.05) is 5.32 Å². The lowest BCUT2D eigenvalue weighted by Gasteiger charge is -2.13. The van der Waals surface area contributed by atoms with Crippen molar-refractivity contribution in [2.75, 3.05) is 23.4 Å². The van der Waals surface area contributed by atoms with E-state index in [1.165, 1.54) is 0 Å². The Labute approximate surface area is 137 Å². The highest BCUT2D eigenvalue weighted by Crippen LogP contribution is 2.33. The first kappa shape index (κ1) is 20.2. The number of hydrogen-bond acceptors (Lipinski definition) is 3. The molecule has 24 heavy (non-hydrogen) atoms. The number of hydrogen-bond donors (Lipinski definition) is 2. The maximum Gasteiger partial charge on any atom is 0.419 e. The summed E-state index contributed by atoms with van der Waals surface area (Å²) in [6, 6.07) is 1.48. The second-order valence-electron chi connectivity index (χ2n) is 5.55. The first-order valence-corrected chi connectivity index (χ1v) is 8.85. The molecule has 5 nitrogen and oxygen atoms in total. The minimum atomic E-state index is -4.89. The third-order valence-electron chi connectivity index (χ3n) is 2.84. The van der Waals surface area contributed by atoms with Gasteiger partial charge in [0.1, 0.15) is 0 Å². The summed E-state index contributed by atoms with van der Waals surface area (Å²) in [6.07, 6.45) is -4.89. The summed E-state index contributed by atoms with van der Waals surface area (Å²) in [6.45, 7) is 3.23. The van der Waals surface area contributed by atoms with Crippen LogP contribution < -0.4 is 10.6 Å². The molecule has 136 valence electrons. The topological polar surface area (TPSA) is 75.3 Å². The number of amides is 2. The van der Waals surface area contributed by atoms with Gasteiger partial charge in [-0.15, -0.1) is 0 Å². The fourth-order valence-corrected chi connectivity index (χ4v) is 3.52. The van der Waals surface area contributed by atoms with Crippen molar-refractivity contribution in [3.8, 4) is 0 Å². The lowest BCUT2D eigenvalue weighted by atomic mass is 10.2. The van der Waals surface area contributed by atoms with Crippen molar-refractivity contribution in [2.45, 2.75) is 20.0 Å². The van der Waals surface area contributed by atoms with E-state index in [-0.39, 0.29) is 24.0 Å². The molecule has 2 N–H and O–H groups in total. The molecule has 0 bridgehead atoms. The van der Waals surface area contributed by atoms with E-state index < -0.39 is 39.1 Å². The van der Waals surface area contributed by atoms with Gasteiger partial charge in [0, 0.05) is 6.54 Å². The van der Waals surface area contributed by atoms with Gasteiger partial charge >= 0.3 is 12.2 Å². The summed E-state index contributed by atoms with van der Waals surface area (Å²) < 4.78 is 74.7. The van der Waals surface area contributed by atoms with Crippen LogP contribution >= 0.6 is 0 Å². The van der Waals surface area contributed by atoms with Gasteiger partial charge in [0.05, 0.1) is 22.8 Å². The van der Waals surface area contributed by atoms with E-state index in [0.717, 1.165) is 12.1 Å². The number of benzene rings is 1. The largest absolute Gasteiger partial charge is 0.419 e. The van der Waals surface area contributed by atoms with Gasteiger partial charge in [-0.25, -0.2) is 17.6 Å². The van der Waals surface area contributed by atoms with Gasteiger partial charge in [0.25, 0.3) is 0 Å². The Balaban J connectivity index is 2.64. The molecule has 1 aromatic carbocycles. The SMILES string of the molecule is CC(C)CS(=O)(=O)CCNC(=O)Nc1cccc(C(F)(F)F)c1F. The van der Waals surface area contributed by atoms with Crippen molar-refractivity contribution in [1.29, 1.82) is 0 Å². The molecule has 0 saturated carbocycles. The predicted octanol–water partition coefficient (Wildman–Crippen LogP) is 3.04. The van der Waals surface area contributed by atoms with Crippen LogP contribution in [0.2, 0.25) is 0 Å². The molecule has 0 saturated heterocycles. The van der Waals surface area contributed by atoms with Gasteiger partial charge in [0.2, 0.25) is 0 Å². The Morgan fingerprint density at radius 3 is 2.42 bits per heavy atom. The zero-order chi connectivity index (χ0) is 18.5. The first-order valence-electron chi connectivity index (χ1n) is 7.03. The van der Waals surface area contributed by atoms with Crippen molar-refractivity contribution in [1.82, 2.24) is 5.32 Å². The maximum atomic E-state index is 13.7. The van der Waals surface area contributed by atoms with Crippen LogP contribution in [0.15, 0.2) is 18.2 Å². The summed E-state index contributed by atoms with van der Waals surface area (Å²) >= 11 is 0. The summed E-state index contributed by atoms with van der Waals surface area (Å²) in [4.78, 5) is 11.6. The number of carbonyl (C=O) groups excluding carboxylic acids is 1. The Kier molecular flexibility index (Phi) is 6.58. The van der Waals surface area contributed by atoms with E-state index in [2.05, 4.69) is 5.32 Å². The lowest BCUT2D eigenvalue weighted by Crippen LogP contribution is -2.34. The summed E-state index contributed by atoms with van der Waals surface area (Å²) in [5.74, 6) is -2.03. The molecule has 0 heterocycles. The molecule has 10 heteroatoms. The quantitative estimate of drug-likeness (QED) is 0.756. The second kappa shape index (κ2) is 7.82. The lowest BCUT2D eigenvalue weighted by molar-refractivity contribution is -0.139. The summed E-state index contributed by atoms with van der Waals surface area (Å²) in [5, 5.41) is 4.10. The molecule has 0 aliphatic rings. The molecule has 0 aliphatic heterocycles. The van der Waals surface area contributed by atoms with E-state index in [1.54, 1.807) is 13.8 Å². The fraction of sp³-hybridized carbons (Fsp3) is 0.500. The van der Waals surface area contributed by atoms with Crippen molar-refractivity contribution in [3.05, 3.63) is 29.6 Å². The molecule has 0 aliphatic carbocycles. The smallest absolute Gasteiger partial charge is 0.337 e. The van der Waals surface area contributed by atoms with Crippen molar-refractivity contribution >= 4 is 21.6 Å². The zero-order valence-electron chi connectivity index (χ0n) is 13.1. The monoisotopic (exact) mass is 370 g/mol. The van der Waals surface area contributed by atoms with E-state index in [4.69, 9.17) is 0 Å². The van der Waals surface area contributed by atoms with Crippen LogP contribution in [-0.4, -0.2) is 32.5 Å². The van der Waals surface area contributed by atoms with Crippen LogP contribution in [0.4, 0.5) is 28.0 Å². The number of halogens is 4. The molecule has 0 aromatic heterocycles. The van der Waals surface area contributed by atoms with Gasteiger partial charge in [-0.3, -0.25) is 0 Å². The molecular weight excluding hydrogens is 352 g/mol. The van der Waals surface area contributed by atoms with Crippen LogP contribution in [0.3, 0.4) is 0 Å². The summed E-state index contributed by atoms with van der Waals surface area (Å²) in [5.41, 5.74) is -2.15. The summed E-state index contributed by atoms with van der Waals surface area (Å²) in [7, 11) is -3.35. The van der Waals surface area contributed by atoms with Gasteiger partial charge < -0.3 is 10.6 Å². The Bertz CT molecular complexity index is 688. The van der Waals surface area contributed by atoms with Crippen LogP contribution in [-0.2, 0) is 16.0 Å². The Morgan fingerprint density at radius 2 is 1.88 bits per heavy atom. The van der Waals surface area contributed by atoms with Gasteiger partial charge in [-0.05, 0) is 18.1 Å². The van der Waals surface area contributed by atoms with Gasteiger partial charge in [0.15, 0.2) is 15.7 Å². The first-order chi connectivity index (χ1) is 10.9. The third kappa shape index (κ3) is 6.34. The molecule has 1 rings (SSSR count). The number of alkyl halides is 3. The van der Waals surface area contributed by atoms with E-state index >= 15 is 0 Å². The number of carbonyl (C=O) groups is 1. The van der Waals surface area contributed by atoms with Crippen molar-refractivity contribution < 1.29 is 30.8 Å². The minimum absolute atomic E-state index is 0.0431. The molecular formula is C14H18F4N2O3S.